The van der Waals surface area contributed by atoms with E-state index in [0.717, 1.165) is 28.5 Å². The zero-order chi connectivity index (χ0) is 20.1. The van der Waals surface area contributed by atoms with Crippen LogP contribution in [0.3, 0.4) is 0 Å². The van der Waals surface area contributed by atoms with Crippen LogP contribution in [0.25, 0.3) is 21.7 Å². The van der Waals surface area contributed by atoms with Gasteiger partial charge in [-0.2, -0.15) is 0 Å². The molecule has 0 radical (unpaired) electrons. The first-order valence-electron chi connectivity index (χ1n) is 10.4. The Morgan fingerprint density at radius 3 is 2.27 bits per heavy atom. The molecule has 144 valence electrons. The molecule has 0 bridgehead atoms. The first-order valence-corrected chi connectivity index (χ1v) is 10.4. The molecule has 0 unspecified atom stereocenters. The fraction of sp³-hybridized carbons (Fsp3) is 0.107. The second-order valence-corrected chi connectivity index (χ2v) is 8.05. The Balaban J connectivity index is 1.66. The standard InChI is InChI=1S/C28H20O2/c29-28-27-24(22-14-6-7-16-25(22)30-28)17-23(26(27)19-10-2-1-3-11-19)21-15-8-12-18-9-4-5-13-20(18)21/h1-16,23,26H,17H2/t23-,26-/m1/s1. The smallest absolute Gasteiger partial charge is 0.340 e. The molecule has 0 spiro atoms. The van der Waals surface area contributed by atoms with Gasteiger partial charge in [-0.25, -0.2) is 4.79 Å². The van der Waals surface area contributed by atoms with E-state index in [9.17, 15) is 4.79 Å². The van der Waals surface area contributed by atoms with E-state index in [-0.39, 0.29) is 17.5 Å². The lowest BCUT2D eigenvalue weighted by Crippen LogP contribution is -2.15. The van der Waals surface area contributed by atoms with Gasteiger partial charge < -0.3 is 4.42 Å². The van der Waals surface area contributed by atoms with Gasteiger partial charge in [0.1, 0.15) is 5.58 Å². The minimum atomic E-state index is -0.208. The van der Waals surface area contributed by atoms with Crippen molar-refractivity contribution in [2.24, 2.45) is 0 Å². The van der Waals surface area contributed by atoms with E-state index in [0.29, 0.717) is 5.58 Å². The van der Waals surface area contributed by atoms with E-state index >= 15 is 0 Å². The molecule has 2 heteroatoms. The number of benzene rings is 4. The molecule has 0 amide bonds. The Hall–Kier alpha value is -3.65. The molecule has 2 nitrogen and oxygen atoms in total. The highest BCUT2D eigenvalue weighted by Crippen LogP contribution is 2.49. The van der Waals surface area contributed by atoms with Gasteiger partial charge >= 0.3 is 5.63 Å². The normalized spacial score (nSPS) is 18.0. The average molecular weight is 388 g/mol. The maximum absolute atomic E-state index is 13.2. The highest BCUT2D eigenvalue weighted by atomic mass is 16.4. The van der Waals surface area contributed by atoms with Crippen molar-refractivity contribution >= 4 is 21.7 Å². The van der Waals surface area contributed by atoms with Crippen LogP contribution in [0.4, 0.5) is 0 Å². The van der Waals surface area contributed by atoms with Gasteiger partial charge in [-0.3, -0.25) is 0 Å². The zero-order valence-electron chi connectivity index (χ0n) is 16.4. The molecule has 30 heavy (non-hydrogen) atoms. The Labute approximate surface area is 174 Å². The molecular weight excluding hydrogens is 368 g/mol. The van der Waals surface area contributed by atoms with Crippen molar-refractivity contribution in [2.45, 2.75) is 18.3 Å². The van der Waals surface area contributed by atoms with Crippen LogP contribution >= 0.6 is 0 Å². The van der Waals surface area contributed by atoms with Crippen molar-refractivity contribution in [1.29, 1.82) is 0 Å². The summed E-state index contributed by atoms with van der Waals surface area (Å²) in [5.74, 6) is 0.162. The van der Waals surface area contributed by atoms with Gasteiger partial charge in [-0.05, 0) is 45.9 Å². The number of para-hydroxylation sites is 1. The summed E-state index contributed by atoms with van der Waals surface area (Å²) in [5, 5.41) is 3.54. The maximum atomic E-state index is 13.2. The van der Waals surface area contributed by atoms with Gasteiger partial charge in [0.05, 0.1) is 0 Å². The van der Waals surface area contributed by atoms with Gasteiger partial charge in [0, 0.05) is 16.9 Å². The molecule has 1 heterocycles. The van der Waals surface area contributed by atoms with Gasteiger partial charge in [0.2, 0.25) is 0 Å². The molecule has 1 aliphatic carbocycles. The van der Waals surface area contributed by atoms with E-state index in [1.165, 1.54) is 16.3 Å². The first kappa shape index (κ1) is 17.2. The fourth-order valence-electron chi connectivity index (χ4n) is 5.22. The lowest BCUT2D eigenvalue weighted by atomic mass is 9.80. The Morgan fingerprint density at radius 1 is 0.700 bits per heavy atom. The van der Waals surface area contributed by atoms with Gasteiger partial charge in [0.25, 0.3) is 0 Å². The van der Waals surface area contributed by atoms with Gasteiger partial charge in [-0.15, -0.1) is 0 Å². The lowest BCUT2D eigenvalue weighted by molar-refractivity contribution is 0.542. The summed E-state index contributed by atoms with van der Waals surface area (Å²) in [4.78, 5) is 13.2. The molecular formula is C28H20O2. The summed E-state index contributed by atoms with van der Waals surface area (Å²) in [6.45, 7) is 0. The predicted octanol–water partition coefficient (Wildman–Crippen LogP) is 6.42. The molecule has 0 aliphatic heterocycles. The molecule has 4 aromatic carbocycles. The largest absolute Gasteiger partial charge is 0.422 e. The Kier molecular flexibility index (Phi) is 3.85. The second kappa shape index (κ2) is 6.70. The van der Waals surface area contributed by atoms with Crippen LogP contribution < -0.4 is 5.63 Å². The summed E-state index contributed by atoms with van der Waals surface area (Å²) in [6, 6.07) is 33.3. The van der Waals surface area contributed by atoms with Crippen LogP contribution in [0, 0.1) is 0 Å². The molecule has 5 aromatic rings. The van der Waals surface area contributed by atoms with Crippen LogP contribution in [-0.4, -0.2) is 0 Å². The molecule has 0 fully saturated rings. The molecule has 2 atom stereocenters. The van der Waals surface area contributed by atoms with Crippen molar-refractivity contribution in [3.8, 4) is 0 Å². The first-order chi connectivity index (χ1) is 14.8. The minimum Gasteiger partial charge on any atom is -0.422 e. The SMILES string of the molecule is O=c1oc2ccccc2c2c1[C@H](c1ccccc1)[C@@H](c1cccc3ccccc13)C2. The monoisotopic (exact) mass is 388 g/mol. The van der Waals surface area contributed by atoms with E-state index < -0.39 is 0 Å². The second-order valence-electron chi connectivity index (χ2n) is 8.05. The Bertz CT molecular complexity index is 1440. The highest BCUT2D eigenvalue weighted by molar-refractivity contribution is 5.88. The van der Waals surface area contributed by atoms with E-state index in [1.54, 1.807) is 0 Å². The average Bonchev–Trinajstić information content (AvgIpc) is 3.21. The lowest BCUT2D eigenvalue weighted by Gasteiger charge is -2.22. The number of rotatable bonds is 2. The molecule has 0 N–H and O–H groups in total. The zero-order valence-corrected chi connectivity index (χ0v) is 16.4. The van der Waals surface area contributed by atoms with Crippen molar-refractivity contribution < 1.29 is 4.42 Å². The molecule has 1 aliphatic rings. The number of hydrogen-bond donors (Lipinski definition) is 0. The summed E-state index contributed by atoms with van der Waals surface area (Å²) in [5.41, 5.74) is 4.87. The van der Waals surface area contributed by atoms with Gasteiger partial charge in [0.15, 0.2) is 0 Å². The van der Waals surface area contributed by atoms with Gasteiger partial charge in [-0.1, -0.05) is 91.0 Å². The molecule has 0 saturated carbocycles. The number of hydrogen-bond acceptors (Lipinski definition) is 2. The summed E-state index contributed by atoms with van der Waals surface area (Å²) >= 11 is 0. The minimum absolute atomic E-state index is 0.0205. The number of fused-ring (bicyclic) bond motifs is 4. The van der Waals surface area contributed by atoms with Crippen LogP contribution in [0.1, 0.15) is 34.1 Å². The third-order valence-electron chi connectivity index (χ3n) is 6.48. The van der Waals surface area contributed by atoms with Crippen molar-refractivity contribution in [3.05, 3.63) is 130 Å². The predicted molar refractivity (Wildman–Crippen MR) is 121 cm³/mol. The van der Waals surface area contributed by atoms with E-state index in [1.807, 2.05) is 24.3 Å². The fourth-order valence-corrected chi connectivity index (χ4v) is 5.22. The maximum Gasteiger partial charge on any atom is 0.340 e. The summed E-state index contributed by atoms with van der Waals surface area (Å²) < 4.78 is 5.77. The third kappa shape index (κ3) is 2.54. The van der Waals surface area contributed by atoms with Crippen molar-refractivity contribution in [3.63, 3.8) is 0 Å². The van der Waals surface area contributed by atoms with E-state index in [2.05, 4.69) is 72.8 Å². The summed E-state index contributed by atoms with van der Waals surface area (Å²) in [6.07, 6.45) is 0.828. The molecule has 1 aromatic heterocycles. The summed E-state index contributed by atoms with van der Waals surface area (Å²) in [7, 11) is 0. The van der Waals surface area contributed by atoms with Crippen LogP contribution in [0.5, 0.6) is 0 Å². The van der Waals surface area contributed by atoms with Crippen molar-refractivity contribution in [2.75, 3.05) is 0 Å². The molecule has 0 saturated heterocycles. The Morgan fingerprint density at radius 2 is 1.40 bits per heavy atom. The van der Waals surface area contributed by atoms with Crippen LogP contribution in [-0.2, 0) is 6.42 Å². The molecule has 6 rings (SSSR count). The topological polar surface area (TPSA) is 30.2 Å². The third-order valence-corrected chi connectivity index (χ3v) is 6.48. The van der Waals surface area contributed by atoms with Crippen molar-refractivity contribution in [1.82, 2.24) is 0 Å². The van der Waals surface area contributed by atoms with Crippen LogP contribution in [0.2, 0.25) is 0 Å². The van der Waals surface area contributed by atoms with E-state index in [4.69, 9.17) is 4.42 Å². The quantitative estimate of drug-likeness (QED) is 0.327. The highest BCUT2D eigenvalue weighted by Gasteiger charge is 2.39. The van der Waals surface area contributed by atoms with Crippen LogP contribution in [0.15, 0.2) is 106 Å².